The summed E-state index contributed by atoms with van der Waals surface area (Å²) >= 11 is 0. The third kappa shape index (κ3) is 5.99. The predicted octanol–water partition coefficient (Wildman–Crippen LogP) is 5.45. The molecular formula is C29H38N2O3. The largest absolute Gasteiger partial charge is 0.485 e. The van der Waals surface area contributed by atoms with Crippen LogP contribution < -0.4 is 15.0 Å². The Morgan fingerprint density at radius 2 is 1.74 bits per heavy atom. The highest BCUT2D eigenvalue weighted by Gasteiger charge is 2.40. The number of nitrogens with one attached hydrogen (secondary N) is 1. The van der Waals surface area contributed by atoms with E-state index in [9.17, 15) is 9.59 Å². The number of nitrogens with zero attached hydrogens (tertiary/aromatic N) is 1. The second-order valence-electron chi connectivity index (χ2n) is 9.98. The van der Waals surface area contributed by atoms with Crippen LogP contribution in [-0.4, -0.2) is 30.4 Å². The van der Waals surface area contributed by atoms with Gasteiger partial charge in [-0.25, -0.2) is 0 Å². The zero-order valence-electron chi connectivity index (χ0n) is 20.6. The van der Waals surface area contributed by atoms with E-state index in [0.29, 0.717) is 12.3 Å². The van der Waals surface area contributed by atoms with Crippen LogP contribution in [0, 0.1) is 5.92 Å². The highest BCUT2D eigenvalue weighted by Crippen LogP contribution is 2.44. The number of Topliss-reactive ketones (excluding diaryl/α,β-unsaturated/α-hetero) is 1. The van der Waals surface area contributed by atoms with Crippen LogP contribution in [-0.2, 0) is 22.6 Å². The first-order valence-electron chi connectivity index (χ1n) is 12.8. The molecule has 0 unspecified atom stereocenters. The van der Waals surface area contributed by atoms with Gasteiger partial charge in [-0.05, 0) is 67.7 Å². The number of ether oxygens (including phenoxy) is 1. The molecule has 182 valence electrons. The molecule has 2 aromatic rings. The zero-order chi connectivity index (χ0) is 24.0. The maximum Gasteiger partial charge on any atom is 0.217 e. The third-order valence-electron chi connectivity index (χ3n) is 7.61. The van der Waals surface area contributed by atoms with Gasteiger partial charge in [0.2, 0.25) is 5.91 Å². The molecule has 0 radical (unpaired) electrons. The Hall–Kier alpha value is -2.82. The van der Waals surface area contributed by atoms with Gasteiger partial charge in [0.15, 0.2) is 5.78 Å². The molecule has 5 nitrogen and oxygen atoms in total. The van der Waals surface area contributed by atoms with E-state index < -0.39 is 0 Å². The van der Waals surface area contributed by atoms with E-state index in [1.807, 2.05) is 0 Å². The van der Waals surface area contributed by atoms with Crippen LogP contribution in [0.25, 0.3) is 0 Å². The van der Waals surface area contributed by atoms with Crippen molar-refractivity contribution in [3.63, 3.8) is 0 Å². The fourth-order valence-corrected chi connectivity index (χ4v) is 5.50. The SMILES string of the molecule is CCc1ccccc1CN1CCC2(CCC(CCC(=O)CNC(C)=O)CC2)Oc2ccccc21. The minimum atomic E-state index is -0.147. The Labute approximate surface area is 203 Å². The van der Waals surface area contributed by atoms with E-state index in [1.165, 1.54) is 23.7 Å². The lowest BCUT2D eigenvalue weighted by Gasteiger charge is -2.39. The summed E-state index contributed by atoms with van der Waals surface area (Å²) in [4.78, 5) is 25.6. The van der Waals surface area contributed by atoms with Crippen molar-refractivity contribution >= 4 is 17.4 Å². The van der Waals surface area contributed by atoms with Gasteiger partial charge in [0.25, 0.3) is 0 Å². The van der Waals surface area contributed by atoms with Crippen molar-refractivity contribution in [1.82, 2.24) is 5.32 Å². The highest BCUT2D eigenvalue weighted by atomic mass is 16.5. The van der Waals surface area contributed by atoms with Gasteiger partial charge >= 0.3 is 0 Å². The minimum Gasteiger partial charge on any atom is -0.485 e. The number of amides is 1. The summed E-state index contributed by atoms with van der Waals surface area (Å²) in [7, 11) is 0. The molecular weight excluding hydrogens is 424 g/mol. The van der Waals surface area contributed by atoms with Crippen LogP contribution >= 0.6 is 0 Å². The first-order chi connectivity index (χ1) is 16.5. The summed E-state index contributed by atoms with van der Waals surface area (Å²) in [6, 6.07) is 17.2. The van der Waals surface area contributed by atoms with E-state index in [4.69, 9.17) is 4.74 Å². The Balaban J connectivity index is 1.39. The normalized spacial score (nSPS) is 21.9. The molecule has 1 aliphatic heterocycles. The molecule has 4 rings (SSSR count). The van der Waals surface area contributed by atoms with Gasteiger partial charge in [0.1, 0.15) is 11.4 Å². The molecule has 5 heteroatoms. The average molecular weight is 463 g/mol. The van der Waals surface area contributed by atoms with E-state index >= 15 is 0 Å². The molecule has 1 amide bonds. The number of para-hydroxylation sites is 2. The number of hydrogen-bond donors (Lipinski definition) is 1. The lowest BCUT2D eigenvalue weighted by molar-refractivity contribution is -0.124. The molecule has 1 saturated carbocycles. The number of ketones is 1. The number of carbonyl (C=O) groups is 2. The third-order valence-corrected chi connectivity index (χ3v) is 7.61. The summed E-state index contributed by atoms with van der Waals surface area (Å²) in [5.74, 6) is 1.53. The standard InChI is InChI=1S/C29H38N2O3/c1-3-24-8-4-5-9-25(24)21-31-19-18-29(34-28-11-7-6-10-27(28)31)16-14-23(15-17-29)12-13-26(33)20-30-22(2)32/h4-11,23H,3,12-21H2,1-2H3,(H,30,32). The molecule has 1 aliphatic carbocycles. The van der Waals surface area contributed by atoms with Gasteiger partial charge in [-0.1, -0.05) is 43.3 Å². The maximum absolute atomic E-state index is 12.1. The smallest absolute Gasteiger partial charge is 0.217 e. The number of anilines is 1. The summed E-state index contributed by atoms with van der Waals surface area (Å²) in [5, 5.41) is 2.61. The summed E-state index contributed by atoms with van der Waals surface area (Å²) < 4.78 is 6.79. The Morgan fingerprint density at radius 3 is 2.47 bits per heavy atom. The van der Waals surface area contributed by atoms with E-state index in [1.54, 1.807) is 0 Å². The lowest BCUT2D eigenvalue weighted by atomic mass is 9.75. The zero-order valence-corrected chi connectivity index (χ0v) is 20.6. The first kappa shape index (κ1) is 24.3. The van der Waals surface area contributed by atoms with Crippen LogP contribution in [0.5, 0.6) is 5.75 Å². The van der Waals surface area contributed by atoms with Crippen molar-refractivity contribution in [2.75, 3.05) is 18.0 Å². The monoisotopic (exact) mass is 462 g/mol. The van der Waals surface area contributed by atoms with Crippen LogP contribution in [0.2, 0.25) is 0 Å². The summed E-state index contributed by atoms with van der Waals surface area (Å²) in [6.07, 6.45) is 7.77. The van der Waals surface area contributed by atoms with Crippen molar-refractivity contribution in [3.8, 4) is 5.75 Å². The molecule has 1 heterocycles. The van der Waals surface area contributed by atoms with E-state index in [0.717, 1.165) is 63.8 Å². The molecule has 1 spiro atoms. The quantitative estimate of drug-likeness (QED) is 0.567. The van der Waals surface area contributed by atoms with Gasteiger partial charge in [-0.2, -0.15) is 0 Å². The average Bonchev–Trinajstić information content (AvgIpc) is 3.00. The van der Waals surface area contributed by atoms with Gasteiger partial charge in [-0.15, -0.1) is 0 Å². The Bertz CT molecular complexity index is 994. The van der Waals surface area contributed by atoms with Gasteiger partial charge < -0.3 is 15.0 Å². The van der Waals surface area contributed by atoms with Crippen LogP contribution in [0.4, 0.5) is 5.69 Å². The second-order valence-corrected chi connectivity index (χ2v) is 9.98. The number of fused-ring (bicyclic) bond motifs is 1. The summed E-state index contributed by atoms with van der Waals surface area (Å²) in [5.41, 5.74) is 3.87. The first-order valence-corrected chi connectivity index (χ1v) is 12.8. The van der Waals surface area contributed by atoms with Crippen molar-refractivity contribution in [2.24, 2.45) is 5.92 Å². The molecule has 0 bridgehead atoms. The second kappa shape index (κ2) is 11.1. The number of aryl methyl sites for hydroxylation is 1. The van der Waals surface area contributed by atoms with Gasteiger partial charge in [0, 0.05) is 32.9 Å². The highest BCUT2D eigenvalue weighted by molar-refractivity contribution is 5.85. The number of hydrogen-bond acceptors (Lipinski definition) is 4. The van der Waals surface area contributed by atoms with Crippen molar-refractivity contribution in [3.05, 3.63) is 59.7 Å². The van der Waals surface area contributed by atoms with Gasteiger partial charge in [-0.3, -0.25) is 9.59 Å². The van der Waals surface area contributed by atoms with Crippen molar-refractivity contribution in [1.29, 1.82) is 0 Å². The lowest BCUT2D eigenvalue weighted by Crippen LogP contribution is -2.41. The summed E-state index contributed by atoms with van der Waals surface area (Å²) in [6.45, 7) is 5.71. The van der Waals surface area contributed by atoms with Gasteiger partial charge in [0.05, 0.1) is 12.2 Å². The topological polar surface area (TPSA) is 58.6 Å². The van der Waals surface area contributed by atoms with Crippen LogP contribution in [0.1, 0.15) is 69.9 Å². The molecule has 2 aromatic carbocycles. The van der Waals surface area contributed by atoms with Crippen molar-refractivity contribution < 1.29 is 14.3 Å². The molecule has 34 heavy (non-hydrogen) atoms. The van der Waals surface area contributed by atoms with E-state index in [2.05, 4.69) is 65.7 Å². The van der Waals surface area contributed by atoms with Crippen molar-refractivity contribution in [2.45, 2.75) is 77.4 Å². The van der Waals surface area contributed by atoms with E-state index in [-0.39, 0.29) is 23.8 Å². The van der Waals surface area contributed by atoms with Crippen LogP contribution in [0.3, 0.4) is 0 Å². The Morgan fingerprint density at radius 1 is 1.03 bits per heavy atom. The molecule has 0 atom stereocenters. The fraction of sp³-hybridized carbons (Fsp3) is 0.517. The maximum atomic E-state index is 12.1. The molecule has 1 fully saturated rings. The number of benzene rings is 2. The molecule has 0 aromatic heterocycles. The molecule has 2 aliphatic rings. The Kier molecular flexibility index (Phi) is 7.91. The fourth-order valence-electron chi connectivity index (χ4n) is 5.50. The molecule has 0 saturated heterocycles. The van der Waals surface area contributed by atoms with Crippen LogP contribution in [0.15, 0.2) is 48.5 Å². The minimum absolute atomic E-state index is 0.119. The molecule has 1 N–H and O–H groups in total. The predicted molar refractivity (Wildman–Crippen MR) is 136 cm³/mol. The number of carbonyl (C=O) groups excluding carboxylic acids is 2. The number of rotatable bonds is 8.